The van der Waals surface area contributed by atoms with Crippen LogP contribution in [0.1, 0.15) is 50.1 Å². The number of aromatic nitrogens is 1. The molecule has 7 nitrogen and oxygen atoms in total. The van der Waals surface area contributed by atoms with Gasteiger partial charge in [-0.05, 0) is 68.4 Å². The molecule has 0 amide bonds. The minimum atomic E-state index is -3.23. The van der Waals surface area contributed by atoms with E-state index in [2.05, 4.69) is 16.7 Å². The predicted molar refractivity (Wildman–Crippen MR) is 135 cm³/mol. The van der Waals surface area contributed by atoms with Crippen LogP contribution in [0.25, 0.3) is 22.2 Å². The van der Waals surface area contributed by atoms with Crippen LogP contribution in [0, 0.1) is 11.3 Å². The van der Waals surface area contributed by atoms with Crippen molar-refractivity contribution < 1.29 is 17.9 Å². The smallest absolute Gasteiger partial charge is 0.235 e. The lowest BCUT2D eigenvalue weighted by molar-refractivity contribution is 0.0680. The van der Waals surface area contributed by atoms with Crippen LogP contribution in [0.3, 0.4) is 0 Å². The van der Waals surface area contributed by atoms with E-state index in [0.29, 0.717) is 36.9 Å². The van der Waals surface area contributed by atoms with Crippen LogP contribution in [-0.4, -0.2) is 44.6 Å². The van der Waals surface area contributed by atoms with Gasteiger partial charge in [-0.1, -0.05) is 12.1 Å². The zero-order valence-corrected chi connectivity index (χ0v) is 20.5. The zero-order valence-electron chi connectivity index (χ0n) is 19.7. The summed E-state index contributed by atoms with van der Waals surface area (Å²) < 4.78 is 40.3. The Hall–Kier alpha value is -3.02. The number of rotatable bonds is 6. The molecule has 1 aliphatic carbocycles. The van der Waals surface area contributed by atoms with Crippen molar-refractivity contribution in [2.75, 3.05) is 29.8 Å². The van der Waals surface area contributed by atoms with Crippen LogP contribution in [0.5, 0.6) is 5.75 Å². The quantitative estimate of drug-likeness (QED) is 0.484. The fourth-order valence-electron chi connectivity index (χ4n) is 5.48. The maximum absolute atomic E-state index is 12.4. The SMILES string of the molecule is N#Cc1c(-c2ccc(N3CCCS3(=O)=O)cc2)n(C2CCC2)c2cc(OC[C@H]3CCCO3)ccc12. The molecule has 0 radical (unpaired) electrons. The monoisotopic (exact) mass is 491 g/mol. The molecule has 0 unspecified atom stereocenters. The maximum atomic E-state index is 12.4. The lowest BCUT2D eigenvalue weighted by atomic mass is 9.92. The molecule has 1 aromatic heterocycles. The maximum Gasteiger partial charge on any atom is 0.235 e. The second-order valence-electron chi connectivity index (χ2n) is 9.70. The van der Waals surface area contributed by atoms with Crippen LogP contribution in [0.2, 0.25) is 0 Å². The first kappa shape index (κ1) is 22.4. The van der Waals surface area contributed by atoms with Crippen molar-refractivity contribution >= 4 is 26.6 Å². The normalized spacial score (nSPS) is 21.8. The van der Waals surface area contributed by atoms with E-state index in [4.69, 9.17) is 9.47 Å². The summed E-state index contributed by atoms with van der Waals surface area (Å²) in [5, 5.41) is 11.1. The summed E-state index contributed by atoms with van der Waals surface area (Å²) in [6.45, 7) is 1.85. The molecule has 35 heavy (non-hydrogen) atoms. The van der Waals surface area contributed by atoms with Gasteiger partial charge in [-0.25, -0.2) is 8.42 Å². The van der Waals surface area contributed by atoms with Crippen LogP contribution in [-0.2, 0) is 14.8 Å². The van der Waals surface area contributed by atoms with Crippen molar-refractivity contribution in [2.45, 2.75) is 50.7 Å². The third-order valence-electron chi connectivity index (χ3n) is 7.52. The molecule has 2 saturated heterocycles. The van der Waals surface area contributed by atoms with Gasteiger partial charge in [-0.2, -0.15) is 5.26 Å². The molecule has 6 rings (SSSR count). The number of benzene rings is 2. The Morgan fingerprint density at radius 1 is 1.06 bits per heavy atom. The highest BCUT2D eigenvalue weighted by atomic mass is 32.2. The topological polar surface area (TPSA) is 84.6 Å². The number of hydrogen-bond donors (Lipinski definition) is 0. The number of nitriles is 1. The summed E-state index contributed by atoms with van der Waals surface area (Å²) in [6.07, 6.45) is 6.22. The molecule has 182 valence electrons. The Bertz CT molecular complexity index is 1390. The van der Waals surface area contributed by atoms with Crippen molar-refractivity contribution in [2.24, 2.45) is 0 Å². The van der Waals surface area contributed by atoms with Crippen molar-refractivity contribution in [1.29, 1.82) is 5.26 Å². The van der Waals surface area contributed by atoms with Gasteiger partial charge in [0.05, 0.1) is 34.3 Å². The minimum Gasteiger partial charge on any atom is -0.491 e. The van der Waals surface area contributed by atoms with Gasteiger partial charge in [0.2, 0.25) is 10.0 Å². The lowest BCUT2D eigenvalue weighted by Gasteiger charge is -2.30. The molecule has 3 aromatic rings. The van der Waals surface area contributed by atoms with Crippen LogP contribution < -0.4 is 9.04 Å². The van der Waals surface area contributed by atoms with Crippen LogP contribution in [0.4, 0.5) is 5.69 Å². The van der Waals surface area contributed by atoms with E-state index in [0.717, 1.165) is 60.2 Å². The highest BCUT2D eigenvalue weighted by Crippen LogP contribution is 2.43. The van der Waals surface area contributed by atoms with Crippen molar-refractivity contribution in [1.82, 2.24) is 4.57 Å². The Morgan fingerprint density at radius 3 is 2.51 bits per heavy atom. The molecule has 2 aliphatic heterocycles. The van der Waals surface area contributed by atoms with E-state index in [-0.39, 0.29) is 11.9 Å². The van der Waals surface area contributed by atoms with E-state index >= 15 is 0 Å². The number of fused-ring (bicyclic) bond motifs is 1. The highest BCUT2D eigenvalue weighted by Gasteiger charge is 2.30. The Kier molecular flexibility index (Phi) is 5.70. The Morgan fingerprint density at radius 2 is 1.89 bits per heavy atom. The van der Waals surface area contributed by atoms with Gasteiger partial charge in [0.15, 0.2) is 0 Å². The van der Waals surface area contributed by atoms with Crippen molar-refractivity contribution in [3.63, 3.8) is 0 Å². The number of anilines is 1. The lowest BCUT2D eigenvalue weighted by Crippen LogP contribution is -2.24. The molecular formula is C27H29N3O4S. The van der Waals surface area contributed by atoms with Gasteiger partial charge < -0.3 is 14.0 Å². The van der Waals surface area contributed by atoms with Crippen LogP contribution in [0.15, 0.2) is 42.5 Å². The zero-order chi connectivity index (χ0) is 24.0. The molecule has 3 heterocycles. The number of sulfonamides is 1. The predicted octanol–water partition coefficient (Wildman–Crippen LogP) is 5.00. The van der Waals surface area contributed by atoms with E-state index < -0.39 is 10.0 Å². The summed E-state index contributed by atoms with van der Waals surface area (Å²) in [5.41, 5.74) is 4.17. The van der Waals surface area contributed by atoms with Crippen molar-refractivity contribution in [3.05, 3.63) is 48.0 Å². The molecule has 0 N–H and O–H groups in total. The second kappa shape index (κ2) is 8.89. The highest BCUT2D eigenvalue weighted by molar-refractivity contribution is 7.93. The first-order chi connectivity index (χ1) is 17.0. The summed E-state index contributed by atoms with van der Waals surface area (Å²) in [4.78, 5) is 0. The van der Waals surface area contributed by atoms with Gasteiger partial charge in [0.25, 0.3) is 0 Å². The molecular weight excluding hydrogens is 462 g/mol. The third-order valence-corrected chi connectivity index (χ3v) is 9.38. The average Bonchev–Trinajstić information content (AvgIpc) is 3.54. The molecule has 3 aliphatic rings. The third kappa shape index (κ3) is 3.97. The Balaban J connectivity index is 1.40. The van der Waals surface area contributed by atoms with Gasteiger partial charge in [0.1, 0.15) is 18.4 Å². The summed E-state index contributed by atoms with van der Waals surface area (Å²) >= 11 is 0. The first-order valence-corrected chi connectivity index (χ1v) is 14.1. The van der Waals surface area contributed by atoms with E-state index in [9.17, 15) is 13.7 Å². The average molecular weight is 492 g/mol. The largest absolute Gasteiger partial charge is 0.491 e. The molecule has 0 spiro atoms. The summed E-state index contributed by atoms with van der Waals surface area (Å²) in [6, 6.07) is 16.4. The number of hydrogen-bond acceptors (Lipinski definition) is 5. The fraction of sp³-hybridized carbons (Fsp3) is 0.444. The van der Waals surface area contributed by atoms with Gasteiger partial charge >= 0.3 is 0 Å². The Labute approximate surface area is 205 Å². The van der Waals surface area contributed by atoms with Crippen molar-refractivity contribution in [3.8, 4) is 23.1 Å². The summed E-state index contributed by atoms with van der Waals surface area (Å²) in [5.74, 6) is 0.984. The second-order valence-corrected chi connectivity index (χ2v) is 11.7. The van der Waals surface area contributed by atoms with E-state index in [1.54, 1.807) is 0 Å². The number of ether oxygens (including phenoxy) is 2. The standard InChI is InChI=1S/C27H29N3O4S/c28-17-25-24-12-11-22(34-18-23-6-2-14-33-23)16-26(24)30(21-4-1-5-21)27(25)19-7-9-20(10-8-19)29-13-3-15-35(29,31)32/h7-12,16,21,23H,1-6,13-15,18H2/t23-/m1/s1. The van der Waals surface area contributed by atoms with Crippen LogP contribution >= 0.6 is 0 Å². The van der Waals surface area contributed by atoms with E-state index in [1.807, 2.05) is 36.4 Å². The molecule has 2 aromatic carbocycles. The molecule has 3 fully saturated rings. The molecule has 0 bridgehead atoms. The first-order valence-electron chi connectivity index (χ1n) is 12.5. The molecule has 8 heteroatoms. The number of nitrogens with zero attached hydrogens (tertiary/aromatic N) is 3. The van der Waals surface area contributed by atoms with Gasteiger partial charge in [-0.15, -0.1) is 0 Å². The fourth-order valence-corrected chi connectivity index (χ4v) is 7.05. The molecule has 1 atom stereocenters. The van der Waals surface area contributed by atoms with Gasteiger partial charge in [0, 0.05) is 30.6 Å². The molecule has 1 saturated carbocycles. The summed E-state index contributed by atoms with van der Waals surface area (Å²) in [7, 11) is -3.23. The minimum absolute atomic E-state index is 0.146. The van der Waals surface area contributed by atoms with E-state index in [1.165, 1.54) is 10.7 Å². The van der Waals surface area contributed by atoms with Gasteiger partial charge in [-0.3, -0.25) is 4.31 Å².